The summed E-state index contributed by atoms with van der Waals surface area (Å²) in [5.41, 5.74) is 0.685. The van der Waals surface area contributed by atoms with Gasteiger partial charge in [-0.1, -0.05) is 41.9 Å². The fraction of sp³-hybridized carbons (Fsp3) is 0. The minimum absolute atomic E-state index is 0.149. The van der Waals surface area contributed by atoms with E-state index in [4.69, 9.17) is 11.6 Å². The van der Waals surface area contributed by atoms with Crippen LogP contribution in [0.5, 0.6) is 0 Å². The van der Waals surface area contributed by atoms with Crippen molar-refractivity contribution >= 4 is 35.0 Å². The first-order chi connectivity index (χ1) is 10.1. The summed E-state index contributed by atoms with van der Waals surface area (Å²) in [5, 5.41) is 13.8. The number of benzene rings is 2. The SMILES string of the molecule is O=C(/C=C/c1ccccc1Cl)Nc1ccccc1[N+](=O)[O-]. The second kappa shape index (κ2) is 6.67. The van der Waals surface area contributed by atoms with Crippen LogP contribution in [0.25, 0.3) is 6.08 Å². The van der Waals surface area contributed by atoms with Crippen LogP contribution in [0.15, 0.2) is 54.6 Å². The van der Waals surface area contributed by atoms with Gasteiger partial charge in [0.25, 0.3) is 5.69 Å². The predicted molar refractivity (Wildman–Crippen MR) is 82.2 cm³/mol. The van der Waals surface area contributed by atoms with Crippen molar-refractivity contribution in [1.82, 2.24) is 0 Å². The van der Waals surface area contributed by atoms with Crippen molar-refractivity contribution in [2.24, 2.45) is 0 Å². The molecule has 0 aromatic heterocycles. The van der Waals surface area contributed by atoms with Crippen molar-refractivity contribution in [3.63, 3.8) is 0 Å². The first-order valence-electron chi connectivity index (χ1n) is 6.05. The van der Waals surface area contributed by atoms with E-state index in [2.05, 4.69) is 5.32 Å². The van der Waals surface area contributed by atoms with Gasteiger partial charge in [-0.3, -0.25) is 14.9 Å². The number of nitro groups is 1. The zero-order valence-electron chi connectivity index (χ0n) is 10.8. The maximum Gasteiger partial charge on any atom is 0.292 e. The van der Waals surface area contributed by atoms with E-state index in [1.165, 1.54) is 24.3 Å². The van der Waals surface area contributed by atoms with Crippen LogP contribution in [0, 0.1) is 10.1 Å². The van der Waals surface area contributed by atoms with Gasteiger partial charge in [-0.25, -0.2) is 0 Å². The third-order valence-corrected chi connectivity index (χ3v) is 3.02. The number of para-hydroxylation sites is 2. The summed E-state index contributed by atoms with van der Waals surface area (Å²) in [6, 6.07) is 13.0. The monoisotopic (exact) mass is 302 g/mol. The third kappa shape index (κ3) is 3.90. The molecule has 5 nitrogen and oxygen atoms in total. The molecule has 1 amide bonds. The van der Waals surface area contributed by atoms with Crippen LogP contribution in [-0.4, -0.2) is 10.8 Å². The van der Waals surface area contributed by atoms with Crippen molar-refractivity contribution in [2.45, 2.75) is 0 Å². The smallest absolute Gasteiger partial charge is 0.292 e. The number of carbonyl (C=O) groups is 1. The molecule has 21 heavy (non-hydrogen) atoms. The van der Waals surface area contributed by atoms with Crippen LogP contribution in [0.3, 0.4) is 0 Å². The Kier molecular flexibility index (Phi) is 4.68. The number of carbonyl (C=O) groups excluding carboxylic acids is 1. The van der Waals surface area contributed by atoms with Crippen molar-refractivity contribution in [1.29, 1.82) is 0 Å². The highest BCUT2D eigenvalue weighted by atomic mass is 35.5. The Morgan fingerprint density at radius 2 is 1.81 bits per heavy atom. The maximum absolute atomic E-state index is 11.8. The first-order valence-corrected chi connectivity index (χ1v) is 6.43. The molecule has 0 aliphatic heterocycles. The molecule has 0 heterocycles. The molecule has 0 radical (unpaired) electrons. The highest BCUT2D eigenvalue weighted by Crippen LogP contribution is 2.23. The van der Waals surface area contributed by atoms with Gasteiger partial charge in [0, 0.05) is 17.2 Å². The normalized spacial score (nSPS) is 10.5. The molecular weight excluding hydrogens is 292 g/mol. The molecule has 2 aromatic carbocycles. The van der Waals surface area contributed by atoms with Crippen molar-refractivity contribution < 1.29 is 9.72 Å². The summed E-state index contributed by atoms with van der Waals surface area (Å²) >= 11 is 5.96. The number of nitrogens with one attached hydrogen (secondary N) is 1. The Morgan fingerprint density at radius 3 is 2.52 bits per heavy atom. The Labute approximate surface area is 126 Å². The van der Waals surface area contributed by atoms with Gasteiger partial charge in [-0.15, -0.1) is 0 Å². The largest absolute Gasteiger partial charge is 0.317 e. The fourth-order valence-corrected chi connectivity index (χ4v) is 1.89. The van der Waals surface area contributed by atoms with E-state index >= 15 is 0 Å². The lowest BCUT2D eigenvalue weighted by Crippen LogP contribution is -2.09. The quantitative estimate of drug-likeness (QED) is 0.529. The predicted octanol–water partition coefficient (Wildman–Crippen LogP) is 3.90. The standard InChI is InChI=1S/C15H11ClN2O3/c16-12-6-2-1-5-11(12)9-10-15(19)17-13-7-3-4-8-14(13)18(20)21/h1-10H,(H,17,19)/b10-9+. The number of hydrogen-bond donors (Lipinski definition) is 1. The van der Waals surface area contributed by atoms with Crippen LogP contribution in [0.2, 0.25) is 5.02 Å². The fourth-order valence-electron chi connectivity index (χ4n) is 1.69. The zero-order chi connectivity index (χ0) is 15.2. The van der Waals surface area contributed by atoms with Gasteiger partial charge in [0.2, 0.25) is 5.91 Å². The first kappa shape index (κ1) is 14.7. The topological polar surface area (TPSA) is 72.2 Å². The summed E-state index contributed by atoms with van der Waals surface area (Å²) < 4.78 is 0. The van der Waals surface area contributed by atoms with E-state index < -0.39 is 10.8 Å². The Bertz CT molecular complexity index is 714. The molecule has 2 aromatic rings. The Balaban J connectivity index is 2.13. The third-order valence-electron chi connectivity index (χ3n) is 2.68. The van der Waals surface area contributed by atoms with Gasteiger partial charge in [-0.2, -0.15) is 0 Å². The number of halogens is 1. The van der Waals surface area contributed by atoms with Crippen LogP contribution in [-0.2, 0) is 4.79 Å². The number of hydrogen-bond acceptors (Lipinski definition) is 3. The summed E-state index contributed by atoms with van der Waals surface area (Å²) in [7, 11) is 0. The molecule has 0 fully saturated rings. The molecule has 0 spiro atoms. The minimum atomic E-state index is -0.548. The molecule has 0 aliphatic carbocycles. The van der Waals surface area contributed by atoms with Gasteiger partial charge in [0.05, 0.1) is 4.92 Å². The van der Waals surface area contributed by atoms with Crippen LogP contribution < -0.4 is 5.32 Å². The number of anilines is 1. The Morgan fingerprint density at radius 1 is 1.14 bits per heavy atom. The molecule has 0 saturated carbocycles. The van der Waals surface area contributed by atoms with Gasteiger partial charge in [-0.05, 0) is 23.8 Å². The van der Waals surface area contributed by atoms with Crippen molar-refractivity contribution in [3.05, 3.63) is 75.3 Å². The highest BCUT2D eigenvalue weighted by molar-refractivity contribution is 6.32. The highest BCUT2D eigenvalue weighted by Gasteiger charge is 2.13. The molecule has 0 aliphatic rings. The van der Waals surface area contributed by atoms with Crippen LogP contribution in [0.1, 0.15) is 5.56 Å². The lowest BCUT2D eigenvalue weighted by atomic mass is 10.2. The van der Waals surface area contributed by atoms with E-state index in [9.17, 15) is 14.9 Å². The lowest BCUT2D eigenvalue weighted by molar-refractivity contribution is -0.383. The van der Waals surface area contributed by atoms with E-state index in [1.54, 1.807) is 36.4 Å². The van der Waals surface area contributed by atoms with Crippen molar-refractivity contribution in [3.8, 4) is 0 Å². The van der Waals surface area contributed by atoms with Crippen LogP contribution in [0.4, 0.5) is 11.4 Å². The molecular formula is C15H11ClN2O3. The molecule has 6 heteroatoms. The molecule has 0 unspecified atom stereocenters. The molecule has 2 rings (SSSR count). The Hall–Kier alpha value is -2.66. The van der Waals surface area contributed by atoms with E-state index in [0.29, 0.717) is 10.6 Å². The lowest BCUT2D eigenvalue weighted by Gasteiger charge is -2.03. The molecule has 106 valence electrons. The maximum atomic E-state index is 11.8. The van der Waals surface area contributed by atoms with Gasteiger partial charge >= 0.3 is 0 Å². The summed E-state index contributed by atoms with van der Waals surface area (Å²) in [6.07, 6.45) is 2.82. The number of amides is 1. The number of nitrogens with zero attached hydrogens (tertiary/aromatic N) is 1. The molecule has 1 N–H and O–H groups in total. The summed E-state index contributed by atoms with van der Waals surface area (Å²) in [5.74, 6) is -0.468. The average Bonchev–Trinajstić information content (AvgIpc) is 2.47. The molecule has 0 atom stereocenters. The van der Waals surface area contributed by atoms with Crippen LogP contribution >= 0.6 is 11.6 Å². The van der Waals surface area contributed by atoms with E-state index in [0.717, 1.165) is 0 Å². The summed E-state index contributed by atoms with van der Waals surface area (Å²) in [4.78, 5) is 22.1. The van der Waals surface area contributed by atoms with Gasteiger partial charge < -0.3 is 5.32 Å². The van der Waals surface area contributed by atoms with E-state index in [-0.39, 0.29) is 11.4 Å². The second-order valence-corrected chi connectivity index (χ2v) is 4.53. The average molecular weight is 303 g/mol. The summed E-state index contributed by atoms with van der Waals surface area (Å²) in [6.45, 7) is 0. The number of rotatable bonds is 4. The van der Waals surface area contributed by atoms with Gasteiger partial charge in [0.15, 0.2) is 0 Å². The van der Waals surface area contributed by atoms with E-state index in [1.807, 2.05) is 0 Å². The van der Waals surface area contributed by atoms with Crippen molar-refractivity contribution in [2.75, 3.05) is 5.32 Å². The number of nitro benzene ring substituents is 1. The van der Waals surface area contributed by atoms with Gasteiger partial charge in [0.1, 0.15) is 5.69 Å². The minimum Gasteiger partial charge on any atom is -0.317 e. The second-order valence-electron chi connectivity index (χ2n) is 4.12. The zero-order valence-corrected chi connectivity index (χ0v) is 11.6. The molecule has 0 bridgehead atoms. The molecule has 0 saturated heterocycles.